The smallest absolute Gasteiger partial charge is 0.308 e. The van der Waals surface area contributed by atoms with Crippen molar-refractivity contribution in [1.29, 1.82) is 0 Å². The molecule has 2 atom stereocenters. The van der Waals surface area contributed by atoms with Crippen LogP contribution in [0.1, 0.15) is 12.5 Å². The molecule has 1 aromatic carbocycles. The van der Waals surface area contributed by atoms with Crippen molar-refractivity contribution in [1.82, 2.24) is 0 Å². The minimum atomic E-state index is -0.843. The molecule has 0 aliphatic carbocycles. The van der Waals surface area contributed by atoms with Gasteiger partial charge in [0.05, 0.1) is 10.8 Å². The van der Waals surface area contributed by atoms with Crippen LogP contribution in [0.15, 0.2) is 18.2 Å². The first-order chi connectivity index (χ1) is 8.90. The fraction of sp³-hybridized carbons (Fsp3) is 0.462. The van der Waals surface area contributed by atoms with Crippen molar-refractivity contribution in [3.63, 3.8) is 0 Å². The number of aryl methyl sites for hydroxylation is 1. The van der Waals surface area contributed by atoms with Gasteiger partial charge in [0.25, 0.3) is 5.69 Å². The number of carboxylic acids is 1. The standard InChI is InChI=1S/C13H16N2O4/c1-8-3-4-11(12(5-8)15(18)19)14-6-9(2)10(7-14)13(16)17/h3-5,9-10H,6-7H2,1-2H3,(H,16,17)/t9-,10-/m1/s1. The Kier molecular flexibility index (Phi) is 3.42. The van der Waals surface area contributed by atoms with E-state index in [2.05, 4.69) is 0 Å². The minimum absolute atomic E-state index is 0.0154. The van der Waals surface area contributed by atoms with Crippen LogP contribution in [-0.4, -0.2) is 29.1 Å². The summed E-state index contributed by atoms with van der Waals surface area (Å²) in [5, 5.41) is 20.2. The van der Waals surface area contributed by atoms with E-state index < -0.39 is 16.8 Å². The Morgan fingerprint density at radius 2 is 2.16 bits per heavy atom. The molecule has 102 valence electrons. The van der Waals surface area contributed by atoms with Gasteiger partial charge in [-0.3, -0.25) is 14.9 Å². The van der Waals surface area contributed by atoms with E-state index in [9.17, 15) is 14.9 Å². The summed E-state index contributed by atoms with van der Waals surface area (Å²) in [5.74, 6) is -1.33. The average molecular weight is 264 g/mol. The molecule has 0 bridgehead atoms. The van der Waals surface area contributed by atoms with E-state index in [1.54, 1.807) is 24.0 Å². The second-order valence-electron chi connectivity index (χ2n) is 5.08. The van der Waals surface area contributed by atoms with Crippen molar-refractivity contribution in [2.24, 2.45) is 11.8 Å². The van der Waals surface area contributed by atoms with Crippen molar-refractivity contribution in [2.75, 3.05) is 18.0 Å². The number of carboxylic acid groups (broad SMARTS) is 1. The van der Waals surface area contributed by atoms with Gasteiger partial charge < -0.3 is 10.0 Å². The molecular formula is C13H16N2O4. The molecule has 1 saturated heterocycles. The van der Waals surface area contributed by atoms with Gasteiger partial charge in [0.15, 0.2) is 0 Å². The first-order valence-corrected chi connectivity index (χ1v) is 6.13. The van der Waals surface area contributed by atoms with Gasteiger partial charge in [-0.1, -0.05) is 13.0 Å². The molecule has 6 nitrogen and oxygen atoms in total. The highest BCUT2D eigenvalue weighted by Gasteiger charge is 2.36. The van der Waals surface area contributed by atoms with Crippen molar-refractivity contribution in [2.45, 2.75) is 13.8 Å². The van der Waals surface area contributed by atoms with Crippen molar-refractivity contribution in [3.8, 4) is 0 Å². The van der Waals surface area contributed by atoms with Crippen molar-refractivity contribution < 1.29 is 14.8 Å². The molecule has 0 saturated carbocycles. The number of rotatable bonds is 3. The number of hydrogen-bond acceptors (Lipinski definition) is 4. The highest BCUT2D eigenvalue weighted by Crippen LogP contribution is 2.34. The lowest BCUT2D eigenvalue weighted by Crippen LogP contribution is -2.23. The molecule has 19 heavy (non-hydrogen) atoms. The monoisotopic (exact) mass is 264 g/mol. The molecule has 1 N–H and O–H groups in total. The highest BCUT2D eigenvalue weighted by molar-refractivity contribution is 5.74. The summed E-state index contributed by atoms with van der Waals surface area (Å²) >= 11 is 0. The summed E-state index contributed by atoms with van der Waals surface area (Å²) in [5.41, 5.74) is 1.36. The van der Waals surface area contributed by atoms with Gasteiger partial charge in [0, 0.05) is 19.2 Å². The maximum absolute atomic E-state index is 11.1. The van der Waals surface area contributed by atoms with E-state index >= 15 is 0 Å². The van der Waals surface area contributed by atoms with Crippen LogP contribution in [0.4, 0.5) is 11.4 Å². The van der Waals surface area contributed by atoms with Crippen LogP contribution in [0.3, 0.4) is 0 Å². The SMILES string of the molecule is Cc1ccc(N2C[C@@H](C)[C@H](C(=O)O)C2)c([N+](=O)[O-])c1. The summed E-state index contributed by atoms with van der Waals surface area (Å²) in [6.45, 7) is 4.50. The molecule has 1 fully saturated rings. The first kappa shape index (κ1) is 13.3. The summed E-state index contributed by atoms with van der Waals surface area (Å²) in [6.07, 6.45) is 0. The Bertz CT molecular complexity index is 529. The van der Waals surface area contributed by atoms with Gasteiger partial charge >= 0.3 is 5.97 Å². The number of hydrogen-bond donors (Lipinski definition) is 1. The van der Waals surface area contributed by atoms with E-state index in [1.165, 1.54) is 6.07 Å². The third kappa shape index (κ3) is 2.52. The van der Waals surface area contributed by atoms with Crippen LogP contribution in [-0.2, 0) is 4.79 Å². The maximum atomic E-state index is 11.1. The largest absolute Gasteiger partial charge is 0.481 e. The number of aliphatic carboxylic acids is 1. The van der Waals surface area contributed by atoms with E-state index in [0.29, 0.717) is 18.8 Å². The number of benzene rings is 1. The van der Waals surface area contributed by atoms with Gasteiger partial charge in [-0.05, 0) is 24.5 Å². The molecule has 0 unspecified atom stereocenters. The van der Waals surface area contributed by atoms with Gasteiger partial charge in [-0.15, -0.1) is 0 Å². The van der Waals surface area contributed by atoms with Crippen LogP contribution in [0.25, 0.3) is 0 Å². The maximum Gasteiger partial charge on any atom is 0.308 e. The minimum Gasteiger partial charge on any atom is -0.481 e. The second kappa shape index (κ2) is 4.87. The molecule has 0 spiro atoms. The summed E-state index contributed by atoms with van der Waals surface area (Å²) < 4.78 is 0. The molecule has 1 heterocycles. The quantitative estimate of drug-likeness (QED) is 0.667. The van der Waals surface area contributed by atoms with Crippen LogP contribution >= 0.6 is 0 Å². The number of nitro benzene ring substituents is 1. The first-order valence-electron chi connectivity index (χ1n) is 6.13. The third-order valence-electron chi connectivity index (χ3n) is 3.60. The lowest BCUT2D eigenvalue weighted by Gasteiger charge is -2.18. The van der Waals surface area contributed by atoms with Gasteiger partial charge in [-0.2, -0.15) is 0 Å². The molecule has 1 aliphatic rings. The third-order valence-corrected chi connectivity index (χ3v) is 3.60. The van der Waals surface area contributed by atoms with E-state index in [0.717, 1.165) is 5.56 Å². The zero-order valence-electron chi connectivity index (χ0n) is 10.9. The predicted octanol–water partition coefficient (Wildman–Crippen LogP) is 2.06. The zero-order chi connectivity index (χ0) is 14.2. The lowest BCUT2D eigenvalue weighted by atomic mass is 9.99. The second-order valence-corrected chi connectivity index (χ2v) is 5.08. The molecule has 0 amide bonds. The average Bonchev–Trinajstić information content (AvgIpc) is 2.71. The molecular weight excluding hydrogens is 248 g/mol. The number of nitrogens with zero attached hydrogens (tertiary/aromatic N) is 2. The van der Waals surface area contributed by atoms with Gasteiger partial charge in [-0.25, -0.2) is 0 Å². The van der Waals surface area contributed by atoms with E-state index in [-0.39, 0.29) is 11.6 Å². The lowest BCUT2D eigenvalue weighted by molar-refractivity contribution is -0.384. The Labute approximate surface area is 110 Å². The summed E-state index contributed by atoms with van der Waals surface area (Å²) in [6, 6.07) is 5.03. The fourth-order valence-corrected chi connectivity index (χ4v) is 2.53. The van der Waals surface area contributed by atoms with Crippen LogP contribution in [0, 0.1) is 28.9 Å². The number of nitro groups is 1. The van der Waals surface area contributed by atoms with Crippen LogP contribution in [0.2, 0.25) is 0 Å². The zero-order valence-corrected chi connectivity index (χ0v) is 10.9. The number of carbonyl (C=O) groups is 1. The van der Waals surface area contributed by atoms with Crippen LogP contribution in [0.5, 0.6) is 0 Å². The van der Waals surface area contributed by atoms with Gasteiger partial charge in [0.1, 0.15) is 5.69 Å². The Morgan fingerprint density at radius 3 is 2.68 bits per heavy atom. The molecule has 0 aromatic heterocycles. The topological polar surface area (TPSA) is 83.7 Å². The summed E-state index contributed by atoms with van der Waals surface area (Å²) in [4.78, 5) is 23.6. The molecule has 1 aliphatic heterocycles. The molecule has 1 aromatic rings. The Morgan fingerprint density at radius 1 is 1.47 bits per heavy atom. The molecule has 0 radical (unpaired) electrons. The Balaban J connectivity index is 2.33. The van der Waals surface area contributed by atoms with Crippen molar-refractivity contribution >= 4 is 17.3 Å². The van der Waals surface area contributed by atoms with Gasteiger partial charge in [0.2, 0.25) is 0 Å². The Hall–Kier alpha value is -2.11. The van der Waals surface area contributed by atoms with E-state index in [1.807, 2.05) is 6.92 Å². The predicted molar refractivity (Wildman–Crippen MR) is 70.3 cm³/mol. The molecule has 2 rings (SSSR count). The summed E-state index contributed by atoms with van der Waals surface area (Å²) in [7, 11) is 0. The highest BCUT2D eigenvalue weighted by atomic mass is 16.6. The molecule has 6 heteroatoms. The normalized spacial score (nSPS) is 22.5. The van der Waals surface area contributed by atoms with Crippen LogP contribution < -0.4 is 4.90 Å². The van der Waals surface area contributed by atoms with Crippen molar-refractivity contribution in [3.05, 3.63) is 33.9 Å². The van der Waals surface area contributed by atoms with E-state index in [4.69, 9.17) is 5.11 Å². The number of anilines is 1. The fourth-order valence-electron chi connectivity index (χ4n) is 2.53.